The summed E-state index contributed by atoms with van der Waals surface area (Å²) in [5.41, 5.74) is 1.29. The van der Waals surface area contributed by atoms with Crippen LogP contribution in [0.1, 0.15) is 6.42 Å². The van der Waals surface area contributed by atoms with Crippen LogP contribution in [0.2, 0.25) is 0 Å². The largest absolute Gasteiger partial charge is 0.473 e. The fourth-order valence-corrected chi connectivity index (χ4v) is 1.07. The Hall–Kier alpha value is -2.40. The lowest BCUT2D eigenvalue weighted by Gasteiger charge is -2.11. The predicted molar refractivity (Wildman–Crippen MR) is 60.9 cm³/mol. The number of oxime groups is 1. The minimum absolute atomic E-state index is 0.365. The average molecular weight is 255 g/mol. The first-order valence-electron chi connectivity index (χ1n) is 4.90. The Morgan fingerprint density at radius 3 is 2.44 bits per heavy atom. The maximum atomic E-state index is 9.10. The summed E-state index contributed by atoms with van der Waals surface area (Å²) in [7, 11) is 1.44. The van der Waals surface area contributed by atoms with E-state index in [1.54, 1.807) is 0 Å². The van der Waals surface area contributed by atoms with Crippen molar-refractivity contribution in [2.24, 2.45) is 5.16 Å². The SMILES string of the molecule is CON=C(C#N)C1=CCCNC1.O=C(O)C(=O)O. The van der Waals surface area contributed by atoms with Crippen LogP contribution < -0.4 is 5.32 Å². The molecule has 3 N–H and O–H groups in total. The van der Waals surface area contributed by atoms with Gasteiger partial charge in [0.2, 0.25) is 0 Å². The standard InChI is InChI=1S/C8H11N3O.C2H2O4/c1-12-11-8(5-9)7-3-2-4-10-6-7;3-1(4)2(5)6/h3,10H,2,4,6H2,1H3;(H,3,4)(H,5,6). The fourth-order valence-electron chi connectivity index (χ4n) is 1.07. The number of nitrogens with zero attached hydrogens (tertiary/aromatic N) is 2. The maximum Gasteiger partial charge on any atom is 0.414 e. The average Bonchev–Trinajstić information content (AvgIpc) is 2.37. The third-order valence-corrected chi connectivity index (χ3v) is 1.80. The molecule has 0 unspecified atom stereocenters. The molecule has 0 atom stereocenters. The van der Waals surface area contributed by atoms with Crippen molar-refractivity contribution >= 4 is 17.7 Å². The van der Waals surface area contributed by atoms with Crippen molar-refractivity contribution in [2.75, 3.05) is 20.2 Å². The molecule has 1 aliphatic heterocycles. The van der Waals surface area contributed by atoms with Crippen LogP contribution in [0.4, 0.5) is 0 Å². The molecule has 18 heavy (non-hydrogen) atoms. The molecule has 0 radical (unpaired) electrons. The zero-order chi connectivity index (χ0) is 14.0. The molecular weight excluding hydrogens is 242 g/mol. The summed E-state index contributed by atoms with van der Waals surface area (Å²) in [4.78, 5) is 22.7. The van der Waals surface area contributed by atoms with Crippen LogP contribution >= 0.6 is 0 Å². The van der Waals surface area contributed by atoms with E-state index < -0.39 is 11.9 Å². The van der Waals surface area contributed by atoms with Crippen molar-refractivity contribution in [1.29, 1.82) is 5.26 Å². The Labute approximate surface area is 103 Å². The van der Waals surface area contributed by atoms with E-state index in [9.17, 15) is 0 Å². The predicted octanol–water partition coefficient (Wildman–Crippen LogP) is -0.412. The van der Waals surface area contributed by atoms with Gasteiger partial charge in [-0.1, -0.05) is 11.2 Å². The van der Waals surface area contributed by atoms with Gasteiger partial charge in [0, 0.05) is 12.1 Å². The van der Waals surface area contributed by atoms with Crippen LogP contribution in [0.5, 0.6) is 0 Å². The second-order valence-corrected chi connectivity index (χ2v) is 3.04. The van der Waals surface area contributed by atoms with Gasteiger partial charge >= 0.3 is 11.9 Å². The highest BCUT2D eigenvalue weighted by molar-refractivity contribution is 6.27. The highest BCUT2D eigenvalue weighted by Crippen LogP contribution is 2.03. The highest BCUT2D eigenvalue weighted by atomic mass is 16.6. The summed E-state index contributed by atoms with van der Waals surface area (Å²) in [5.74, 6) is -3.65. The summed E-state index contributed by atoms with van der Waals surface area (Å²) < 4.78 is 0. The Bertz CT molecular complexity index is 396. The third-order valence-electron chi connectivity index (χ3n) is 1.80. The van der Waals surface area contributed by atoms with Gasteiger partial charge in [0.25, 0.3) is 0 Å². The quantitative estimate of drug-likeness (QED) is 0.347. The molecule has 8 nitrogen and oxygen atoms in total. The number of aliphatic carboxylic acids is 2. The number of nitriles is 1. The van der Waals surface area contributed by atoms with Gasteiger partial charge in [0.15, 0.2) is 5.71 Å². The van der Waals surface area contributed by atoms with Crippen LogP contribution in [0.3, 0.4) is 0 Å². The number of rotatable bonds is 2. The van der Waals surface area contributed by atoms with Gasteiger partial charge in [0.05, 0.1) is 0 Å². The van der Waals surface area contributed by atoms with Crippen LogP contribution in [-0.4, -0.2) is 48.1 Å². The zero-order valence-corrected chi connectivity index (χ0v) is 9.71. The second kappa shape index (κ2) is 8.72. The third kappa shape index (κ3) is 6.24. The normalized spacial score (nSPS) is 14.4. The molecule has 98 valence electrons. The molecular formula is C10H13N3O5. The molecule has 1 rings (SSSR count). The van der Waals surface area contributed by atoms with Crippen LogP contribution in [0, 0.1) is 11.3 Å². The number of carboxylic acid groups (broad SMARTS) is 2. The van der Waals surface area contributed by atoms with E-state index in [-0.39, 0.29) is 0 Å². The number of carbonyl (C=O) groups is 2. The molecule has 0 spiro atoms. The molecule has 8 heteroatoms. The molecule has 0 aromatic rings. The smallest absolute Gasteiger partial charge is 0.414 e. The number of hydrogen-bond donors (Lipinski definition) is 3. The van der Waals surface area contributed by atoms with E-state index in [0.29, 0.717) is 12.3 Å². The second-order valence-electron chi connectivity index (χ2n) is 3.04. The Morgan fingerprint density at radius 2 is 2.11 bits per heavy atom. The first-order chi connectivity index (χ1) is 8.52. The molecule has 0 aromatic carbocycles. The minimum atomic E-state index is -1.82. The van der Waals surface area contributed by atoms with Crippen LogP contribution in [0.15, 0.2) is 16.8 Å². The van der Waals surface area contributed by atoms with Gasteiger partial charge in [-0.05, 0) is 13.0 Å². The zero-order valence-electron chi connectivity index (χ0n) is 9.71. The van der Waals surface area contributed by atoms with Crippen molar-refractivity contribution in [2.45, 2.75) is 6.42 Å². The summed E-state index contributed by atoms with van der Waals surface area (Å²) in [6.45, 7) is 1.67. The Morgan fingerprint density at radius 1 is 1.50 bits per heavy atom. The van der Waals surface area contributed by atoms with E-state index in [1.807, 2.05) is 12.1 Å². The van der Waals surface area contributed by atoms with Gasteiger partial charge in [-0.2, -0.15) is 5.26 Å². The van der Waals surface area contributed by atoms with Crippen molar-refractivity contribution in [3.05, 3.63) is 11.6 Å². The first kappa shape index (κ1) is 15.6. The summed E-state index contributed by atoms with van der Waals surface area (Å²) in [6, 6.07) is 1.99. The van der Waals surface area contributed by atoms with E-state index in [1.165, 1.54) is 7.11 Å². The number of carboxylic acids is 2. The minimum Gasteiger partial charge on any atom is -0.473 e. The summed E-state index contributed by atoms with van der Waals surface area (Å²) in [5, 5.41) is 30.2. The monoisotopic (exact) mass is 255 g/mol. The molecule has 0 fully saturated rings. The van der Waals surface area contributed by atoms with Crippen LogP contribution in [0.25, 0.3) is 0 Å². The lowest BCUT2D eigenvalue weighted by Crippen LogP contribution is -2.25. The highest BCUT2D eigenvalue weighted by Gasteiger charge is 2.09. The molecule has 0 amide bonds. The molecule has 0 aromatic heterocycles. The molecule has 1 heterocycles. The maximum absolute atomic E-state index is 9.10. The van der Waals surface area contributed by atoms with Crippen molar-refractivity contribution in [3.8, 4) is 6.07 Å². The van der Waals surface area contributed by atoms with Gasteiger partial charge in [0.1, 0.15) is 13.2 Å². The fraction of sp³-hybridized carbons (Fsp3) is 0.400. The summed E-state index contributed by atoms with van der Waals surface area (Å²) in [6.07, 6.45) is 2.96. The van der Waals surface area contributed by atoms with Gasteiger partial charge in [-0.25, -0.2) is 9.59 Å². The summed E-state index contributed by atoms with van der Waals surface area (Å²) >= 11 is 0. The number of nitrogens with one attached hydrogen (secondary N) is 1. The topological polar surface area (TPSA) is 132 Å². The molecule has 0 saturated heterocycles. The molecule has 0 saturated carbocycles. The molecule has 1 aliphatic rings. The molecule has 0 aliphatic carbocycles. The van der Waals surface area contributed by atoms with Crippen molar-refractivity contribution in [1.82, 2.24) is 5.32 Å². The Kier molecular flexibility index (Phi) is 7.56. The van der Waals surface area contributed by atoms with Crippen molar-refractivity contribution < 1.29 is 24.6 Å². The van der Waals surface area contributed by atoms with E-state index >= 15 is 0 Å². The van der Waals surface area contributed by atoms with E-state index in [0.717, 1.165) is 18.5 Å². The first-order valence-corrected chi connectivity index (χ1v) is 4.90. The van der Waals surface area contributed by atoms with Crippen molar-refractivity contribution in [3.63, 3.8) is 0 Å². The Balaban J connectivity index is 0.000000411. The van der Waals surface area contributed by atoms with Gasteiger partial charge in [-0.15, -0.1) is 0 Å². The van der Waals surface area contributed by atoms with Crippen LogP contribution in [-0.2, 0) is 14.4 Å². The number of hydrogen-bond acceptors (Lipinski definition) is 6. The van der Waals surface area contributed by atoms with E-state index in [2.05, 4.69) is 15.3 Å². The lowest BCUT2D eigenvalue weighted by molar-refractivity contribution is -0.159. The van der Waals surface area contributed by atoms with E-state index in [4.69, 9.17) is 25.1 Å². The lowest BCUT2D eigenvalue weighted by atomic mass is 10.1. The van der Waals surface area contributed by atoms with Gasteiger partial charge in [-0.3, -0.25) is 0 Å². The van der Waals surface area contributed by atoms with Gasteiger partial charge < -0.3 is 20.4 Å². The molecule has 0 bridgehead atoms.